The number of aromatic nitrogens is 3. The van der Waals surface area contributed by atoms with Gasteiger partial charge in [0.15, 0.2) is 11.4 Å². The standard InChI is InChI=1S/C23H27N5O4/c1-4-32-18-8-6-12-28-20(15(2)25-21(18)28)22(29)26-17-7-5-11-27(14-17)19-10-9-16(13-24-19)23(30)31-3/h6,8-10,12-13,17H,4-5,7,11,14H2,1-3H3,(H,26,29)/t17-/m0/s1. The lowest BCUT2D eigenvalue weighted by Gasteiger charge is -2.34. The van der Waals surface area contributed by atoms with E-state index in [-0.39, 0.29) is 11.9 Å². The van der Waals surface area contributed by atoms with Gasteiger partial charge in [0.05, 0.1) is 25.0 Å². The zero-order valence-electron chi connectivity index (χ0n) is 18.5. The van der Waals surface area contributed by atoms with Crippen molar-refractivity contribution in [2.45, 2.75) is 32.7 Å². The molecule has 4 rings (SSSR count). The highest BCUT2D eigenvalue weighted by Crippen LogP contribution is 2.23. The summed E-state index contributed by atoms with van der Waals surface area (Å²) in [5.41, 5.74) is 2.21. The molecule has 3 aromatic rings. The highest BCUT2D eigenvalue weighted by Gasteiger charge is 2.26. The minimum absolute atomic E-state index is 0.0293. The van der Waals surface area contributed by atoms with Gasteiger partial charge in [-0.15, -0.1) is 0 Å². The van der Waals surface area contributed by atoms with Crippen molar-refractivity contribution in [1.29, 1.82) is 0 Å². The summed E-state index contributed by atoms with van der Waals surface area (Å²) >= 11 is 0. The number of methoxy groups -OCH3 is 1. The Morgan fingerprint density at radius 2 is 2.12 bits per heavy atom. The number of fused-ring (bicyclic) bond motifs is 1. The number of hydrogen-bond acceptors (Lipinski definition) is 7. The summed E-state index contributed by atoms with van der Waals surface area (Å²) in [4.78, 5) is 35.9. The van der Waals surface area contributed by atoms with Gasteiger partial charge < -0.3 is 19.7 Å². The molecule has 32 heavy (non-hydrogen) atoms. The number of imidazole rings is 1. The van der Waals surface area contributed by atoms with Gasteiger partial charge in [-0.1, -0.05) is 0 Å². The molecule has 0 radical (unpaired) electrons. The first-order valence-electron chi connectivity index (χ1n) is 10.7. The fraction of sp³-hybridized carbons (Fsp3) is 0.391. The van der Waals surface area contributed by atoms with Gasteiger partial charge in [0.1, 0.15) is 11.5 Å². The molecule has 3 aromatic heterocycles. The van der Waals surface area contributed by atoms with Crippen molar-refractivity contribution in [3.05, 3.63) is 53.6 Å². The smallest absolute Gasteiger partial charge is 0.339 e. The van der Waals surface area contributed by atoms with Crippen molar-refractivity contribution < 1.29 is 19.1 Å². The van der Waals surface area contributed by atoms with Crippen LogP contribution in [0.5, 0.6) is 5.75 Å². The Labute approximate surface area is 186 Å². The van der Waals surface area contributed by atoms with Crippen molar-refractivity contribution >= 4 is 23.3 Å². The van der Waals surface area contributed by atoms with Crippen LogP contribution in [0.2, 0.25) is 0 Å². The minimum atomic E-state index is -0.413. The van der Waals surface area contributed by atoms with E-state index in [1.54, 1.807) is 16.5 Å². The van der Waals surface area contributed by atoms with Crippen LogP contribution >= 0.6 is 0 Å². The van der Waals surface area contributed by atoms with Gasteiger partial charge in [-0.25, -0.2) is 14.8 Å². The number of hydrogen-bond donors (Lipinski definition) is 1. The molecular formula is C23H27N5O4. The number of carbonyl (C=O) groups excluding carboxylic acids is 2. The number of nitrogens with zero attached hydrogens (tertiary/aromatic N) is 4. The predicted octanol–water partition coefficient (Wildman–Crippen LogP) is 2.62. The number of piperidine rings is 1. The Kier molecular flexibility index (Phi) is 6.25. The van der Waals surface area contributed by atoms with Crippen molar-refractivity contribution in [2.24, 2.45) is 0 Å². The number of ether oxygens (including phenoxy) is 2. The van der Waals surface area contributed by atoms with E-state index in [1.807, 2.05) is 32.2 Å². The maximum Gasteiger partial charge on any atom is 0.339 e. The molecule has 9 heteroatoms. The lowest BCUT2D eigenvalue weighted by molar-refractivity contribution is 0.0600. The van der Waals surface area contributed by atoms with E-state index in [0.29, 0.717) is 41.5 Å². The molecule has 0 aromatic carbocycles. The molecular weight excluding hydrogens is 410 g/mol. The molecule has 9 nitrogen and oxygen atoms in total. The van der Waals surface area contributed by atoms with Gasteiger partial charge in [0.25, 0.3) is 5.91 Å². The van der Waals surface area contributed by atoms with E-state index in [1.165, 1.54) is 13.3 Å². The molecule has 1 fully saturated rings. The Hall–Kier alpha value is -3.62. The van der Waals surface area contributed by atoms with Crippen LogP contribution in [0.25, 0.3) is 5.65 Å². The first kappa shape index (κ1) is 21.6. The number of carbonyl (C=O) groups is 2. The molecule has 1 amide bonds. The summed E-state index contributed by atoms with van der Waals surface area (Å²) in [6, 6.07) is 7.18. The summed E-state index contributed by atoms with van der Waals surface area (Å²) in [5.74, 6) is 0.847. The molecule has 0 saturated carbocycles. The number of nitrogens with one attached hydrogen (secondary N) is 1. The molecule has 1 aliphatic heterocycles. The zero-order valence-corrected chi connectivity index (χ0v) is 18.5. The first-order valence-corrected chi connectivity index (χ1v) is 10.7. The minimum Gasteiger partial charge on any atom is -0.490 e. The summed E-state index contributed by atoms with van der Waals surface area (Å²) in [6.45, 7) is 5.75. The Bertz CT molecular complexity index is 1130. The molecule has 0 aliphatic carbocycles. The van der Waals surface area contributed by atoms with Gasteiger partial charge in [-0.05, 0) is 51.0 Å². The third kappa shape index (κ3) is 4.23. The highest BCUT2D eigenvalue weighted by atomic mass is 16.5. The summed E-state index contributed by atoms with van der Waals surface area (Å²) < 4.78 is 12.2. The van der Waals surface area contributed by atoms with E-state index >= 15 is 0 Å². The molecule has 1 saturated heterocycles. The van der Waals surface area contributed by atoms with Crippen LogP contribution in [0.1, 0.15) is 46.3 Å². The Balaban J connectivity index is 1.49. The van der Waals surface area contributed by atoms with Gasteiger partial charge in [0, 0.05) is 31.5 Å². The van der Waals surface area contributed by atoms with Crippen molar-refractivity contribution in [3.63, 3.8) is 0 Å². The Morgan fingerprint density at radius 1 is 1.28 bits per heavy atom. The largest absolute Gasteiger partial charge is 0.490 e. The number of amides is 1. The van der Waals surface area contributed by atoms with Crippen molar-refractivity contribution in [2.75, 3.05) is 31.7 Å². The molecule has 0 unspecified atom stereocenters. The third-order valence-electron chi connectivity index (χ3n) is 5.55. The van der Waals surface area contributed by atoms with Crippen LogP contribution in [0, 0.1) is 6.92 Å². The lowest BCUT2D eigenvalue weighted by atomic mass is 10.1. The molecule has 0 bridgehead atoms. The fourth-order valence-corrected chi connectivity index (χ4v) is 4.07. The molecule has 1 N–H and O–H groups in total. The van der Waals surface area contributed by atoms with Crippen molar-refractivity contribution in [1.82, 2.24) is 19.7 Å². The zero-order chi connectivity index (χ0) is 22.7. The van der Waals surface area contributed by atoms with Crippen LogP contribution in [0.15, 0.2) is 36.7 Å². The Morgan fingerprint density at radius 3 is 2.84 bits per heavy atom. The van der Waals surface area contributed by atoms with Crippen LogP contribution in [-0.4, -0.2) is 59.1 Å². The number of rotatable bonds is 6. The van der Waals surface area contributed by atoms with Gasteiger partial charge in [-0.2, -0.15) is 0 Å². The predicted molar refractivity (Wildman–Crippen MR) is 119 cm³/mol. The number of pyridine rings is 2. The second-order valence-electron chi connectivity index (χ2n) is 7.70. The van der Waals surface area contributed by atoms with Gasteiger partial charge in [0.2, 0.25) is 0 Å². The number of anilines is 1. The van der Waals surface area contributed by atoms with E-state index in [0.717, 1.165) is 25.2 Å². The van der Waals surface area contributed by atoms with Crippen LogP contribution in [0.4, 0.5) is 5.82 Å². The van der Waals surface area contributed by atoms with E-state index in [4.69, 9.17) is 9.47 Å². The molecule has 4 heterocycles. The summed E-state index contributed by atoms with van der Waals surface area (Å²) in [5, 5.41) is 3.16. The lowest BCUT2D eigenvalue weighted by Crippen LogP contribution is -2.48. The van der Waals surface area contributed by atoms with Crippen molar-refractivity contribution in [3.8, 4) is 5.75 Å². The van der Waals surface area contributed by atoms with Crippen LogP contribution in [0.3, 0.4) is 0 Å². The second-order valence-corrected chi connectivity index (χ2v) is 7.70. The molecule has 1 aliphatic rings. The maximum atomic E-state index is 13.2. The highest BCUT2D eigenvalue weighted by molar-refractivity contribution is 5.95. The topological polar surface area (TPSA) is 98.1 Å². The average molecular weight is 438 g/mol. The molecule has 0 spiro atoms. The summed E-state index contributed by atoms with van der Waals surface area (Å²) in [7, 11) is 1.34. The van der Waals surface area contributed by atoms with Crippen LogP contribution < -0.4 is 15.0 Å². The normalized spacial score (nSPS) is 16.1. The van der Waals surface area contributed by atoms with Gasteiger partial charge >= 0.3 is 5.97 Å². The fourth-order valence-electron chi connectivity index (χ4n) is 4.07. The monoisotopic (exact) mass is 437 g/mol. The molecule has 1 atom stereocenters. The number of aryl methyl sites for hydroxylation is 1. The van der Waals surface area contributed by atoms with E-state index < -0.39 is 5.97 Å². The first-order chi connectivity index (χ1) is 15.5. The quantitative estimate of drug-likeness (QED) is 0.592. The van der Waals surface area contributed by atoms with Crippen LogP contribution in [-0.2, 0) is 4.74 Å². The van der Waals surface area contributed by atoms with E-state index in [2.05, 4.69) is 20.2 Å². The number of esters is 1. The van der Waals surface area contributed by atoms with Gasteiger partial charge in [-0.3, -0.25) is 9.20 Å². The SMILES string of the molecule is CCOc1cccn2c(C(=O)N[C@H]3CCCN(c4ccc(C(=O)OC)cn4)C3)c(C)nc12. The third-order valence-corrected chi connectivity index (χ3v) is 5.55. The summed E-state index contributed by atoms with van der Waals surface area (Å²) in [6.07, 6.45) is 5.14. The van der Waals surface area contributed by atoms with E-state index in [9.17, 15) is 9.59 Å². The maximum absolute atomic E-state index is 13.2. The average Bonchev–Trinajstić information content (AvgIpc) is 3.16. The second kappa shape index (κ2) is 9.25. The molecule has 168 valence electrons.